The van der Waals surface area contributed by atoms with Gasteiger partial charge < -0.3 is 4.74 Å². The van der Waals surface area contributed by atoms with Gasteiger partial charge in [0.2, 0.25) is 0 Å². The molecule has 4 heteroatoms. The normalized spacial score (nSPS) is 17.3. The number of aryl methyl sites for hydroxylation is 1. The molecule has 4 nitrogen and oxygen atoms in total. The van der Waals surface area contributed by atoms with Gasteiger partial charge in [-0.05, 0) is 36.5 Å². The number of nitrogens with zero attached hydrogens (tertiary/aromatic N) is 3. The van der Waals surface area contributed by atoms with Crippen LogP contribution in [0.2, 0.25) is 0 Å². The fourth-order valence-electron chi connectivity index (χ4n) is 2.46. The van der Waals surface area contributed by atoms with E-state index in [-0.39, 0.29) is 6.10 Å². The molecule has 0 saturated carbocycles. The molecule has 0 N–H and O–H groups in total. The average Bonchev–Trinajstić information content (AvgIpc) is 2.48. The molecule has 0 radical (unpaired) electrons. The second-order valence-electron chi connectivity index (χ2n) is 4.56. The number of nitriles is 1. The van der Waals surface area contributed by atoms with Crippen molar-refractivity contribution in [2.75, 3.05) is 0 Å². The smallest absolute Gasteiger partial charge is 0.252 e. The molecule has 1 aromatic carbocycles. The van der Waals surface area contributed by atoms with Gasteiger partial charge in [-0.2, -0.15) is 10.4 Å². The quantitative estimate of drug-likeness (QED) is 0.823. The van der Waals surface area contributed by atoms with Gasteiger partial charge in [0.25, 0.3) is 5.88 Å². The van der Waals surface area contributed by atoms with E-state index < -0.39 is 0 Å². The van der Waals surface area contributed by atoms with Crippen LogP contribution in [0.15, 0.2) is 36.5 Å². The number of fused-ring (bicyclic) bond motifs is 1. The minimum Gasteiger partial charge on any atom is -0.467 e. The molecule has 1 atom stereocenters. The second kappa shape index (κ2) is 5.07. The van der Waals surface area contributed by atoms with Gasteiger partial charge in [0.1, 0.15) is 17.7 Å². The molecule has 0 bridgehead atoms. The summed E-state index contributed by atoms with van der Waals surface area (Å²) in [6.45, 7) is 0. The summed E-state index contributed by atoms with van der Waals surface area (Å²) in [6.07, 6.45) is 4.58. The molecule has 2 aromatic rings. The SMILES string of the molecule is N#Cc1ccnnc1OC1CCCc2ccccc21. The molecule has 1 unspecified atom stereocenters. The Bertz CT molecular complexity index is 633. The zero-order chi connectivity index (χ0) is 13.1. The van der Waals surface area contributed by atoms with E-state index in [1.165, 1.54) is 17.3 Å². The van der Waals surface area contributed by atoms with Crippen molar-refractivity contribution >= 4 is 0 Å². The highest BCUT2D eigenvalue weighted by Crippen LogP contribution is 2.33. The first-order chi connectivity index (χ1) is 9.38. The first kappa shape index (κ1) is 11.7. The summed E-state index contributed by atoms with van der Waals surface area (Å²) in [4.78, 5) is 0. The minimum absolute atomic E-state index is 0.0336. The van der Waals surface area contributed by atoms with Crippen molar-refractivity contribution in [2.45, 2.75) is 25.4 Å². The Morgan fingerprint density at radius 2 is 2.16 bits per heavy atom. The highest BCUT2D eigenvalue weighted by molar-refractivity contribution is 5.37. The average molecular weight is 251 g/mol. The van der Waals surface area contributed by atoms with Crippen LogP contribution in [0.1, 0.15) is 35.6 Å². The topological polar surface area (TPSA) is 58.8 Å². The van der Waals surface area contributed by atoms with Crippen LogP contribution in [0.25, 0.3) is 0 Å². The molecule has 0 spiro atoms. The van der Waals surface area contributed by atoms with Crippen molar-refractivity contribution in [3.63, 3.8) is 0 Å². The van der Waals surface area contributed by atoms with Gasteiger partial charge >= 0.3 is 0 Å². The van der Waals surface area contributed by atoms with Gasteiger partial charge in [0.05, 0.1) is 6.20 Å². The van der Waals surface area contributed by atoms with Gasteiger partial charge in [-0.25, -0.2) is 0 Å². The zero-order valence-electron chi connectivity index (χ0n) is 10.4. The van der Waals surface area contributed by atoms with E-state index in [4.69, 9.17) is 10.00 Å². The molecular formula is C15H13N3O. The van der Waals surface area contributed by atoms with Crippen LogP contribution in [0, 0.1) is 11.3 Å². The van der Waals surface area contributed by atoms with Crippen molar-refractivity contribution < 1.29 is 4.74 Å². The van der Waals surface area contributed by atoms with E-state index in [9.17, 15) is 0 Å². The maximum Gasteiger partial charge on any atom is 0.252 e. The third-order valence-corrected chi connectivity index (χ3v) is 3.38. The lowest BCUT2D eigenvalue weighted by atomic mass is 9.89. The van der Waals surface area contributed by atoms with Crippen LogP contribution < -0.4 is 4.74 Å². The van der Waals surface area contributed by atoms with Gasteiger partial charge in [-0.3, -0.25) is 0 Å². The van der Waals surface area contributed by atoms with Crippen LogP contribution in [-0.4, -0.2) is 10.2 Å². The molecule has 19 heavy (non-hydrogen) atoms. The predicted octanol–water partition coefficient (Wildman–Crippen LogP) is 2.80. The van der Waals surface area contributed by atoms with E-state index >= 15 is 0 Å². The first-order valence-electron chi connectivity index (χ1n) is 6.35. The van der Waals surface area contributed by atoms with E-state index in [0.717, 1.165) is 19.3 Å². The van der Waals surface area contributed by atoms with E-state index in [1.807, 2.05) is 12.1 Å². The molecule has 0 aliphatic heterocycles. The molecule has 0 amide bonds. The van der Waals surface area contributed by atoms with Crippen molar-refractivity contribution in [3.05, 3.63) is 53.2 Å². The summed E-state index contributed by atoms with van der Waals surface area (Å²) in [5.41, 5.74) is 2.95. The standard InChI is InChI=1S/C15H13N3O/c16-10-12-8-9-17-18-15(12)19-14-7-3-5-11-4-1-2-6-13(11)14/h1-2,4,6,8-9,14H,3,5,7H2. The fourth-order valence-corrected chi connectivity index (χ4v) is 2.46. The summed E-state index contributed by atoms with van der Waals surface area (Å²) in [7, 11) is 0. The van der Waals surface area contributed by atoms with Gasteiger partial charge in [0, 0.05) is 0 Å². The van der Waals surface area contributed by atoms with Crippen molar-refractivity contribution in [3.8, 4) is 11.9 Å². The molecule has 3 rings (SSSR count). The van der Waals surface area contributed by atoms with Crippen LogP contribution in [0.5, 0.6) is 5.88 Å². The Hall–Kier alpha value is -2.41. The lowest BCUT2D eigenvalue weighted by molar-refractivity contribution is 0.173. The Balaban J connectivity index is 1.91. The zero-order valence-corrected chi connectivity index (χ0v) is 10.4. The van der Waals surface area contributed by atoms with Gasteiger partial charge in [0.15, 0.2) is 0 Å². The summed E-state index contributed by atoms with van der Waals surface area (Å²) in [6, 6.07) is 12.0. The summed E-state index contributed by atoms with van der Waals surface area (Å²) in [5.74, 6) is 0.326. The lowest BCUT2D eigenvalue weighted by Crippen LogP contribution is -2.16. The van der Waals surface area contributed by atoms with Crippen molar-refractivity contribution in [2.24, 2.45) is 0 Å². The molecule has 1 aliphatic carbocycles. The third-order valence-electron chi connectivity index (χ3n) is 3.38. The molecule has 1 aliphatic rings. The maximum atomic E-state index is 9.05. The monoisotopic (exact) mass is 251 g/mol. The molecule has 0 saturated heterocycles. The van der Waals surface area contributed by atoms with Crippen molar-refractivity contribution in [1.29, 1.82) is 5.26 Å². The van der Waals surface area contributed by atoms with Crippen LogP contribution in [0.4, 0.5) is 0 Å². The number of aromatic nitrogens is 2. The minimum atomic E-state index is -0.0336. The van der Waals surface area contributed by atoms with Crippen LogP contribution >= 0.6 is 0 Å². The summed E-state index contributed by atoms with van der Waals surface area (Å²) >= 11 is 0. The van der Waals surface area contributed by atoms with Gasteiger partial charge in [-0.1, -0.05) is 24.3 Å². The third kappa shape index (κ3) is 2.27. The van der Waals surface area contributed by atoms with Gasteiger partial charge in [-0.15, -0.1) is 5.10 Å². The number of benzene rings is 1. The molecule has 94 valence electrons. The first-order valence-corrected chi connectivity index (χ1v) is 6.35. The van der Waals surface area contributed by atoms with E-state index in [1.54, 1.807) is 6.07 Å². The molecule has 1 aromatic heterocycles. The lowest BCUT2D eigenvalue weighted by Gasteiger charge is -2.25. The second-order valence-corrected chi connectivity index (χ2v) is 4.56. The predicted molar refractivity (Wildman–Crippen MR) is 69.5 cm³/mol. The summed E-state index contributed by atoms with van der Waals surface area (Å²) < 4.78 is 5.91. The Morgan fingerprint density at radius 3 is 3.05 bits per heavy atom. The largest absolute Gasteiger partial charge is 0.467 e. The molecular weight excluding hydrogens is 238 g/mol. The Morgan fingerprint density at radius 1 is 1.26 bits per heavy atom. The number of rotatable bonds is 2. The van der Waals surface area contributed by atoms with Crippen molar-refractivity contribution in [1.82, 2.24) is 10.2 Å². The Kier molecular flexibility index (Phi) is 3.11. The van der Waals surface area contributed by atoms with E-state index in [2.05, 4.69) is 28.4 Å². The highest BCUT2D eigenvalue weighted by Gasteiger charge is 2.22. The molecule has 0 fully saturated rings. The highest BCUT2D eigenvalue weighted by atomic mass is 16.5. The number of ether oxygens (including phenoxy) is 1. The number of hydrogen-bond donors (Lipinski definition) is 0. The maximum absolute atomic E-state index is 9.05. The fraction of sp³-hybridized carbons (Fsp3) is 0.267. The summed E-state index contributed by atoms with van der Waals surface area (Å²) in [5, 5.41) is 16.8. The van der Waals surface area contributed by atoms with E-state index in [0.29, 0.717) is 11.4 Å². The van der Waals surface area contributed by atoms with Crippen LogP contribution in [0.3, 0.4) is 0 Å². The number of hydrogen-bond acceptors (Lipinski definition) is 4. The molecule has 1 heterocycles. The Labute approximate surface area is 111 Å². The van der Waals surface area contributed by atoms with Crippen LogP contribution in [-0.2, 0) is 6.42 Å².